The maximum absolute atomic E-state index is 11.9. The summed E-state index contributed by atoms with van der Waals surface area (Å²) in [4.78, 5) is 26.9. The lowest BCUT2D eigenvalue weighted by atomic mass is 10.1. The van der Waals surface area contributed by atoms with Crippen molar-refractivity contribution in [2.45, 2.75) is 27.2 Å². The van der Waals surface area contributed by atoms with E-state index in [0.29, 0.717) is 24.7 Å². The summed E-state index contributed by atoms with van der Waals surface area (Å²) in [6.07, 6.45) is 0.466. The minimum absolute atomic E-state index is 0.224. The highest BCUT2D eigenvalue weighted by atomic mass is 16.5. The van der Waals surface area contributed by atoms with Crippen LogP contribution in [0.25, 0.3) is 0 Å². The molecule has 1 aromatic rings. The number of carbonyl (C=O) groups is 2. The van der Waals surface area contributed by atoms with Gasteiger partial charge in [-0.25, -0.2) is 0 Å². The molecule has 0 aliphatic heterocycles. The van der Waals surface area contributed by atoms with Gasteiger partial charge in [0.1, 0.15) is 0 Å². The van der Waals surface area contributed by atoms with Crippen LogP contribution in [-0.2, 0) is 16.0 Å². The molecular formula is C12H17N3O4. The normalized spacial score (nSPS) is 23.9. The predicted molar refractivity (Wildman–Crippen MR) is 64.1 cm³/mol. The van der Waals surface area contributed by atoms with Gasteiger partial charge in [0.05, 0.1) is 11.8 Å². The van der Waals surface area contributed by atoms with E-state index in [9.17, 15) is 9.59 Å². The minimum Gasteiger partial charge on any atom is -0.481 e. The second kappa shape index (κ2) is 4.64. The quantitative estimate of drug-likeness (QED) is 0.799. The standard InChI is InChI=1S/C12H17N3O4/c1-6-14-7(15-19-6)4-5-13-10(16)8-9(11(17)18)12(8,2)3/h8-9H,4-5H2,1-3H3,(H,13,16)(H,17,18)/t8-,9+/m1/s1. The van der Waals surface area contributed by atoms with Crippen LogP contribution in [-0.4, -0.2) is 33.7 Å². The number of carboxylic acids is 1. The first-order chi connectivity index (χ1) is 8.84. The third-order valence-electron chi connectivity index (χ3n) is 3.59. The van der Waals surface area contributed by atoms with Gasteiger partial charge in [0.15, 0.2) is 5.82 Å². The zero-order valence-corrected chi connectivity index (χ0v) is 11.1. The number of amides is 1. The Morgan fingerprint density at radius 2 is 2.11 bits per heavy atom. The van der Waals surface area contributed by atoms with Crippen LogP contribution in [0.4, 0.5) is 0 Å². The fraction of sp³-hybridized carbons (Fsp3) is 0.667. The Kier molecular flexibility index (Phi) is 3.30. The van der Waals surface area contributed by atoms with Crippen molar-refractivity contribution >= 4 is 11.9 Å². The first-order valence-electron chi connectivity index (χ1n) is 6.13. The number of hydrogen-bond donors (Lipinski definition) is 2. The number of hydrogen-bond acceptors (Lipinski definition) is 5. The molecule has 1 saturated carbocycles. The van der Waals surface area contributed by atoms with Gasteiger partial charge in [-0.1, -0.05) is 19.0 Å². The summed E-state index contributed by atoms with van der Waals surface area (Å²) in [5.74, 6) is -1.19. The van der Waals surface area contributed by atoms with Crippen LogP contribution in [0.15, 0.2) is 4.52 Å². The van der Waals surface area contributed by atoms with Crippen LogP contribution in [0, 0.1) is 24.2 Å². The minimum atomic E-state index is -0.918. The highest BCUT2D eigenvalue weighted by Gasteiger charge is 2.65. The third kappa shape index (κ3) is 2.59. The summed E-state index contributed by atoms with van der Waals surface area (Å²) >= 11 is 0. The molecule has 2 rings (SSSR count). The molecule has 7 heteroatoms. The first-order valence-corrected chi connectivity index (χ1v) is 6.13. The molecule has 7 nitrogen and oxygen atoms in total. The van der Waals surface area contributed by atoms with Crippen molar-refractivity contribution in [2.75, 3.05) is 6.54 Å². The van der Waals surface area contributed by atoms with Crippen LogP contribution in [0.5, 0.6) is 0 Å². The van der Waals surface area contributed by atoms with Gasteiger partial charge >= 0.3 is 5.97 Å². The maximum atomic E-state index is 11.9. The summed E-state index contributed by atoms with van der Waals surface area (Å²) in [6.45, 7) is 5.65. The lowest BCUT2D eigenvalue weighted by Crippen LogP contribution is -2.29. The molecule has 1 aliphatic rings. The molecule has 1 amide bonds. The molecule has 0 saturated heterocycles. The van der Waals surface area contributed by atoms with Crippen molar-refractivity contribution < 1.29 is 19.2 Å². The van der Waals surface area contributed by atoms with E-state index in [2.05, 4.69) is 15.5 Å². The monoisotopic (exact) mass is 267 g/mol. The number of nitrogens with one attached hydrogen (secondary N) is 1. The number of rotatable bonds is 5. The van der Waals surface area contributed by atoms with Crippen LogP contribution in [0.2, 0.25) is 0 Å². The molecule has 1 aromatic heterocycles. The summed E-state index contributed by atoms with van der Waals surface area (Å²) < 4.78 is 4.81. The van der Waals surface area contributed by atoms with E-state index < -0.39 is 23.2 Å². The largest absolute Gasteiger partial charge is 0.481 e. The van der Waals surface area contributed by atoms with E-state index in [1.807, 2.05) is 0 Å². The number of aryl methyl sites for hydroxylation is 1. The zero-order valence-electron chi connectivity index (χ0n) is 11.1. The van der Waals surface area contributed by atoms with Crippen molar-refractivity contribution in [2.24, 2.45) is 17.3 Å². The molecule has 1 aliphatic carbocycles. The average molecular weight is 267 g/mol. The molecule has 0 radical (unpaired) electrons. The Labute approximate surface area is 110 Å². The predicted octanol–water partition coefficient (Wildman–Crippen LogP) is 0.394. The number of carboxylic acid groups (broad SMARTS) is 1. The highest BCUT2D eigenvalue weighted by Crippen LogP contribution is 2.58. The van der Waals surface area contributed by atoms with Crippen molar-refractivity contribution in [3.8, 4) is 0 Å². The number of aliphatic carboxylic acids is 1. The Morgan fingerprint density at radius 3 is 2.58 bits per heavy atom. The van der Waals surface area contributed by atoms with Crippen molar-refractivity contribution in [1.29, 1.82) is 0 Å². The fourth-order valence-corrected chi connectivity index (χ4v) is 2.44. The van der Waals surface area contributed by atoms with E-state index in [4.69, 9.17) is 9.63 Å². The van der Waals surface area contributed by atoms with Gasteiger partial charge in [0.25, 0.3) is 0 Å². The van der Waals surface area contributed by atoms with E-state index >= 15 is 0 Å². The molecular weight excluding hydrogens is 250 g/mol. The average Bonchev–Trinajstić information content (AvgIpc) is 2.65. The topological polar surface area (TPSA) is 105 Å². The Bertz CT molecular complexity index is 509. The SMILES string of the molecule is Cc1nc(CCNC(=O)[C@H]2[C@@H](C(=O)O)C2(C)C)no1. The smallest absolute Gasteiger partial charge is 0.307 e. The molecule has 0 bridgehead atoms. The highest BCUT2D eigenvalue weighted by molar-refractivity contribution is 5.91. The van der Waals surface area contributed by atoms with E-state index in [1.165, 1.54) is 0 Å². The van der Waals surface area contributed by atoms with Gasteiger partial charge in [0.2, 0.25) is 11.8 Å². The lowest BCUT2D eigenvalue weighted by molar-refractivity contribution is -0.140. The van der Waals surface area contributed by atoms with Gasteiger partial charge in [-0.3, -0.25) is 9.59 Å². The molecule has 0 aromatic carbocycles. The third-order valence-corrected chi connectivity index (χ3v) is 3.59. The summed E-state index contributed by atoms with van der Waals surface area (Å²) in [6, 6.07) is 0. The summed E-state index contributed by atoms with van der Waals surface area (Å²) in [5, 5.41) is 15.4. The number of aromatic nitrogens is 2. The van der Waals surface area contributed by atoms with Crippen molar-refractivity contribution in [3.63, 3.8) is 0 Å². The van der Waals surface area contributed by atoms with Gasteiger partial charge in [-0.15, -0.1) is 0 Å². The van der Waals surface area contributed by atoms with Gasteiger partial charge in [-0.2, -0.15) is 4.98 Å². The van der Waals surface area contributed by atoms with E-state index in [-0.39, 0.29) is 5.91 Å². The summed E-state index contributed by atoms with van der Waals surface area (Å²) in [7, 11) is 0. The summed E-state index contributed by atoms with van der Waals surface area (Å²) in [5.41, 5.74) is -0.474. The Hall–Kier alpha value is -1.92. The number of nitrogens with zero attached hydrogens (tertiary/aromatic N) is 2. The maximum Gasteiger partial charge on any atom is 0.307 e. The molecule has 0 unspecified atom stereocenters. The van der Waals surface area contributed by atoms with Crippen LogP contribution in [0.3, 0.4) is 0 Å². The zero-order chi connectivity index (χ0) is 14.2. The van der Waals surface area contributed by atoms with E-state index in [1.54, 1.807) is 20.8 Å². The van der Waals surface area contributed by atoms with Gasteiger partial charge < -0.3 is 14.9 Å². The molecule has 0 spiro atoms. The first kappa shape index (κ1) is 13.5. The molecule has 2 N–H and O–H groups in total. The molecule has 1 heterocycles. The van der Waals surface area contributed by atoms with Crippen LogP contribution < -0.4 is 5.32 Å². The molecule has 19 heavy (non-hydrogen) atoms. The molecule has 104 valence electrons. The fourth-order valence-electron chi connectivity index (χ4n) is 2.44. The van der Waals surface area contributed by atoms with Crippen LogP contribution in [0.1, 0.15) is 25.6 Å². The van der Waals surface area contributed by atoms with Crippen molar-refractivity contribution in [3.05, 3.63) is 11.7 Å². The van der Waals surface area contributed by atoms with Gasteiger partial charge in [0, 0.05) is 19.9 Å². The van der Waals surface area contributed by atoms with Gasteiger partial charge in [-0.05, 0) is 5.41 Å². The van der Waals surface area contributed by atoms with E-state index in [0.717, 1.165) is 0 Å². The molecule has 1 fully saturated rings. The van der Waals surface area contributed by atoms with Crippen LogP contribution >= 0.6 is 0 Å². The second-order valence-corrected chi connectivity index (χ2v) is 5.39. The Balaban J connectivity index is 1.81. The molecule has 2 atom stereocenters. The van der Waals surface area contributed by atoms with Crippen molar-refractivity contribution in [1.82, 2.24) is 15.5 Å². The second-order valence-electron chi connectivity index (χ2n) is 5.39. The Morgan fingerprint density at radius 1 is 1.42 bits per heavy atom. The lowest BCUT2D eigenvalue weighted by Gasteiger charge is -2.04. The number of carbonyl (C=O) groups excluding carboxylic acids is 1.